The van der Waals surface area contributed by atoms with E-state index in [-0.39, 0.29) is 18.3 Å². The number of hydrogen-bond donors (Lipinski definition) is 1. The Morgan fingerprint density at radius 2 is 1.96 bits per heavy atom. The van der Waals surface area contributed by atoms with Crippen molar-refractivity contribution in [1.82, 2.24) is 4.90 Å². The topological polar surface area (TPSA) is 32.3 Å². The Bertz CT molecular complexity index is 755. The zero-order chi connectivity index (χ0) is 16.2. The maximum absolute atomic E-state index is 12.2. The highest BCUT2D eigenvalue weighted by Crippen LogP contribution is 2.25. The zero-order valence-corrected chi connectivity index (χ0v) is 14.9. The number of nitrogens with one attached hydrogen (secondary N) is 1. The van der Waals surface area contributed by atoms with Crippen LogP contribution in [0.15, 0.2) is 48.5 Å². The Morgan fingerprint density at radius 3 is 2.75 bits per heavy atom. The van der Waals surface area contributed by atoms with Crippen molar-refractivity contribution >= 4 is 30.1 Å². The van der Waals surface area contributed by atoms with Crippen molar-refractivity contribution < 1.29 is 4.79 Å². The van der Waals surface area contributed by atoms with E-state index in [0.717, 1.165) is 36.3 Å². The van der Waals surface area contributed by atoms with Gasteiger partial charge in [0, 0.05) is 24.9 Å². The predicted molar refractivity (Wildman–Crippen MR) is 103 cm³/mol. The van der Waals surface area contributed by atoms with Crippen LogP contribution in [0.2, 0.25) is 0 Å². The highest BCUT2D eigenvalue weighted by atomic mass is 35.5. The largest absolute Gasteiger partial charge is 0.322 e. The molecule has 126 valence electrons. The number of carbonyl (C=O) groups is 1. The molecule has 1 aliphatic rings. The van der Waals surface area contributed by atoms with Crippen LogP contribution in [-0.4, -0.2) is 24.4 Å². The molecule has 3 rings (SSSR count). The second-order valence-electron chi connectivity index (χ2n) is 6.11. The SMILES string of the molecule is Cc1ccccc1/C=C/C(=O)Nc1cccc2c1CCN(C)C2.Cl. The summed E-state index contributed by atoms with van der Waals surface area (Å²) in [5.41, 5.74) is 5.74. The minimum absolute atomic E-state index is 0. The molecule has 0 aliphatic carbocycles. The molecule has 0 atom stereocenters. The van der Waals surface area contributed by atoms with Crippen molar-refractivity contribution in [2.75, 3.05) is 18.9 Å². The number of aryl methyl sites for hydroxylation is 1. The van der Waals surface area contributed by atoms with Crippen LogP contribution in [0.4, 0.5) is 5.69 Å². The molecular formula is C20H23ClN2O. The first-order valence-corrected chi connectivity index (χ1v) is 7.97. The highest BCUT2D eigenvalue weighted by molar-refractivity contribution is 6.02. The van der Waals surface area contributed by atoms with Gasteiger partial charge in [0.05, 0.1) is 0 Å². The second-order valence-corrected chi connectivity index (χ2v) is 6.11. The second kappa shape index (κ2) is 8.13. The number of amides is 1. The number of likely N-dealkylation sites (N-methyl/N-ethyl adjacent to an activating group) is 1. The Hall–Kier alpha value is -2.10. The lowest BCUT2D eigenvalue weighted by atomic mass is 9.98. The molecule has 0 spiro atoms. The van der Waals surface area contributed by atoms with E-state index in [1.54, 1.807) is 6.08 Å². The van der Waals surface area contributed by atoms with Gasteiger partial charge in [-0.2, -0.15) is 0 Å². The van der Waals surface area contributed by atoms with Crippen LogP contribution in [-0.2, 0) is 17.8 Å². The first kappa shape index (κ1) is 18.2. The summed E-state index contributed by atoms with van der Waals surface area (Å²) in [4.78, 5) is 14.5. The monoisotopic (exact) mass is 342 g/mol. The molecule has 4 heteroatoms. The summed E-state index contributed by atoms with van der Waals surface area (Å²) < 4.78 is 0. The van der Waals surface area contributed by atoms with Crippen LogP contribution < -0.4 is 5.32 Å². The molecule has 0 fully saturated rings. The fraction of sp³-hybridized carbons (Fsp3) is 0.250. The quantitative estimate of drug-likeness (QED) is 0.853. The van der Waals surface area contributed by atoms with E-state index >= 15 is 0 Å². The first-order valence-electron chi connectivity index (χ1n) is 7.97. The normalized spacial score (nSPS) is 14.1. The van der Waals surface area contributed by atoms with Crippen molar-refractivity contribution in [1.29, 1.82) is 0 Å². The van der Waals surface area contributed by atoms with E-state index in [0.29, 0.717) is 0 Å². The van der Waals surface area contributed by atoms with Crippen LogP contribution in [0.1, 0.15) is 22.3 Å². The third kappa shape index (κ3) is 4.25. The van der Waals surface area contributed by atoms with Crippen molar-refractivity contribution in [3.05, 3.63) is 70.8 Å². The summed E-state index contributed by atoms with van der Waals surface area (Å²) in [6.07, 6.45) is 4.45. The van der Waals surface area contributed by atoms with E-state index in [1.165, 1.54) is 11.1 Å². The molecule has 1 N–H and O–H groups in total. The fourth-order valence-electron chi connectivity index (χ4n) is 2.98. The van der Waals surface area contributed by atoms with Gasteiger partial charge >= 0.3 is 0 Å². The van der Waals surface area contributed by atoms with Crippen molar-refractivity contribution in [3.63, 3.8) is 0 Å². The van der Waals surface area contributed by atoms with Gasteiger partial charge in [0.1, 0.15) is 0 Å². The molecule has 1 heterocycles. The molecule has 3 nitrogen and oxygen atoms in total. The lowest BCUT2D eigenvalue weighted by molar-refractivity contribution is -0.111. The highest BCUT2D eigenvalue weighted by Gasteiger charge is 2.16. The van der Waals surface area contributed by atoms with Gasteiger partial charge in [-0.1, -0.05) is 36.4 Å². The van der Waals surface area contributed by atoms with E-state index in [2.05, 4.69) is 23.3 Å². The molecule has 24 heavy (non-hydrogen) atoms. The Labute approximate surface area is 149 Å². The average molecular weight is 343 g/mol. The van der Waals surface area contributed by atoms with Gasteiger partial charge < -0.3 is 10.2 Å². The Kier molecular flexibility index (Phi) is 6.18. The molecule has 0 saturated heterocycles. The number of rotatable bonds is 3. The number of hydrogen-bond acceptors (Lipinski definition) is 2. The number of halogens is 1. The van der Waals surface area contributed by atoms with Gasteiger partial charge in [-0.25, -0.2) is 0 Å². The summed E-state index contributed by atoms with van der Waals surface area (Å²) in [5.74, 6) is -0.0828. The van der Waals surface area contributed by atoms with E-state index in [4.69, 9.17) is 0 Å². The van der Waals surface area contributed by atoms with Crippen LogP contribution in [0.3, 0.4) is 0 Å². The maximum Gasteiger partial charge on any atom is 0.248 e. The zero-order valence-electron chi connectivity index (χ0n) is 14.1. The van der Waals surface area contributed by atoms with E-state index in [1.807, 2.05) is 49.4 Å². The van der Waals surface area contributed by atoms with Crippen LogP contribution in [0.25, 0.3) is 6.08 Å². The summed E-state index contributed by atoms with van der Waals surface area (Å²) in [5, 5.41) is 3.03. The van der Waals surface area contributed by atoms with Gasteiger partial charge in [-0.15, -0.1) is 12.4 Å². The molecule has 2 aromatic carbocycles. The minimum Gasteiger partial charge on any atom is -0.322 e. The molecule has 0 unspecified atom stereocenters. The van der Waals surface area contributed by atoms with Crippen molar-refractivity contribution in [3.8, 4) is 0 Å². The summed E-state index contributed by atoms with van der Waals surface area (Å²) in [7, 11) is 2.12. The van der Waals surface area contributed by atoms with Gasteiger partial charge in [-0.05, 0) is 54.8 Å². The fourth-order valence-corrected chi connectivity index (χ4v) is 2.98. The first-order chi connectivity index (χ1) is 11.1. The molecular weight excluding hydrogens is 320 g/mol. The minimum atomic E-state index is -0.0828. The number of carbonyl (C=O) groups excluding carboxylic acids is 1. The average Bonchev–Trinajstić information content (AvgIpc) is 2.54. The number of benzene rings is 2. The predicted octanol–water partition coefficient (Wildman–Crippen LogP) is 4.06. The number of anilines is 1. The standard InChI is InChI=1S/C20H22N2O.ClH/c1-15-6-3-4-7-16(15)10-11-20(23)21-19-9-5-8-17-14-22(2)13-12-18(17)19;/h3-11H,12-14H2,1-2H3,(H,21,23);1H/b11-10+;. The molecule has 1 aliphatic heterocycles. The van der Waals surface area contributed by atoms with Crippen molar-refractivity contribution in [2.45, 2.75) is 19.9 Å². The van der Waals surface area contributed by atoms with Gasteiger partial charge in [-0.3, -0.25) is 4.79 Å². The summed E-state index contributed by atoms with van der Waals surface area (Å²) in [6.45, 7) is 4.01. The van der Waals surface area contributed by atoms with Crippen LogP contribution in [0, 0.1) is 6.92 Å². The third-order valence-electron chi connectivity index (χ3n) is 4.32. The summed E-state index contributed by atoms with van der Waals surface area (Å²) in [6, 6.07) is 14.2. The smallest absolute Gasteiger partial charge is 0.248 e. The molecule has 1 amide bonds. The van der Waals surface area contributed by atoms with Crippen molar-refractivity contribution in [2.24, 2.45) is 0 Å². The van der Waals surface area contributed by atoms with Gasteiger partial charge in [0.2, 0.25) is 5.91 Å². The molecule has 0 saturated carbocycles. The maximum atomic E-state index is 12.2. The Balaban J connectivity index is 0.00000208. The van der Waals surface area contributed by atoms with Crippen LogP contribution in [0.5, 0.6) is 0 Å². The number of fused-ring (bicyclic) bond motifs is 1. The molecule has 0 aromatic heterocycles. The van der Waals surface area contributed by atoms with Gasteiger partial charge in [0.25, 0.3) is 0 Å². The molecule has 2 aromatic rings. The number of nitrogens with zero attached hydrogens (tertiary/aromatic N) is 1. The Morgan fingerprint density at radius 1 is 1.17 bits per heavy atom. The summed E-state index contributed by atoms with van der Waals surface area (Å²) >= 11 is 0. The van der Waals surface area contributed by atoms with E-state index in [9.17, 15) is 4.79 Å². The van der Waals surface area contributed by atoms with E-state index < -0.39 is 0 Å². The third-order valence-corrected chi connectivity index (χ3v) is 4.32. The van der Waals surface area contributed by atoms with Gasteiger partial charge in [0.15, 0.2) is 0 Å². The lowest BCUT2D eigenvalue weighted by Gasteiger charge is -2.26. The molecule has 0 radical (unpaired) electrons. The molecule has 0 bridgehead atoms. The lowest BCUT2D eigenvalue weighted by Crippen LogP contribution is -2.27. The van der Waals surface area contributed by atoms with Crippen LogP contribution >= 0.6 is 12.4 Å².